The Bertz CT molecular complexity index is 1510. The summed E-state index contributed by atoms with van der Waals surface area (Å²) in [4.78, 5) is 13.6. The van der Waals surface area contributed by atoms with Gasteiger partial charge in [0, 0.05) is 35.8 Å². The molecule has 1 saturated heterocycles. The Morgan fingerprint density at radius 2 is 1.83 bits per heavy atom. The molecule has 5 aromatic rings. The Kier molecular flexibility index (Phi) is 5.72. The van der Waals surface area contributed by atoms with Crippen LogP contribution in [0.2, 0.25) is 5.02 Å². The van der Waals surface area contributed by atoms with Gasteiger partial charge in [0.15, 0.2) is 0 Å². The summed E-state index contributed by atoms with van der Waals surface area (Å²) in [7, 11) is 2.08. The van der Waals surface area contributed by atoms with Crippen molar-refractivity contribution in [3.8, 4) is 11.8 Å². The van der Waals surface area contributed by atoms with E-state index in [0.29, 0.717) is 22.8 Å². The minimum absolute atomic E-state index is 0.311. The standard InChI is InChI=1S/C27H24ClN5O2/c1-33-25-13-20(30-21-15-34-16-21)6-10-24(25)31-26(33)11-4-17-2-7-22(8-3-17)35-27-29-14-18-12-19(28)5-9-23(18)32-27/h2-3,5-10,12-14,21,30H,4,11,15-16H2,1H3. The summed E-state index contributed by atoms with van der Waals surface area (Å²) in [5, 5.41) is 5.04. The highest BCUT2D eigenvalue weighted by atomic mass is 35.5. The molecule has 0 atom stereocenters. The van der Waals surface area contributed by atoms with Crippen molar-refractivity contribution >= 4 is 39.2 Å². The van der Waals surface area contributed by atoms with Crippen molar-refractivity contribution in [2.45, 2.75) is 18.9 Å². The largest absolute Gasteiger partial charge is 0.424 e. The Morgan fingerprint density at radius 3 is 2.63 bits per heavy atom. The maximum atomic E-state index is 6.03. The number of nitrogens with one attached hydrogen (secondary N) is 1. The van der Waals surface area contributed by atoms with Crippen molar-refractivity contribution < 1.29 is 9.47 Å². The number of fused-ring (bicyclic) bond motifs is 2. The lowest BCUT2D eigenvalue weighted by Crippen LogP contribution is -2.40. The summed E-state index contributed by atoms with van der Waals surface area (Å²) in [5.41, 5.74) is 5.25. The van der Waals surface area contributed by atoms with Crippen LogP contribution in [0.3, 0.4) is 0 Å². The summed E-state index contributed by atoms with van der Waals surface area (Å²) in [6.07, 6.45) is 3.45. The molecule has 176 valence electrons. The number of aryl methyl sites for hydroxylation is 3. The molecule has 7 nitrogen and oxygen atoms in total. The van der Waals surface area contributed by atoms with E-state index >= 15 is 0 Å². The van der Waals surface area contributed by atoms with Crippen molar-refractivity contribution in [1.82, 2.24) is 19.5 Å². The van der Waals surface area contributed by atoms with Gasteiger partial charge in [-0.15, -0.1) is 0 Å². The third kappa shape index (κ3) is 4.65. The van der Waals surface area contributed by atoms with Gasteiger partial charge in [0.25, 0.3) is 0 Å². The highest BCUT2D eigenvalue weighted by Gasteiger charge is 2.18. The first-order valence-corrected chi connectivity index (χ1v) is 12.0. The average molecular weight is 486 g/mol. The molecule has 0 bridgehead atoms. The molecule has 0 spiro atoms. The van der Waals surface area contributed by atoms with Crippen molar-refractivity contribution in [2.24, 2.45) is 7.05 Å². The molecule has 0 unspecified atom stereocenters. The number of aromatic nitrogens is 4. The minimum atomic E-state index is 0.311. The average Bonchev–Trinajstić information content (AvgIpc) is 3.16. The Balaban J connectivity index is 1.11. The summed E-state index contributed by atoms with van der Waals surface area (Å²) in [6.45, 7) is 1.53. The molecule has 1 fully saturated rings. The second kappa shape index (κ2) is 9.17. The molecule has 6 rings (SSSR count). The van der Waals surface area contributed by atoms with Crippen molar-refractivity contribution in [1.29, 1.82) is 0 Å². The number of nitrogens with zero attached hydrogens (tertiary/aromatic N) is 4. The fourth-order valence-electron chi connectivity index (χ4n) is 4.23. The van der Waals surface area contributed by atoms with Crippen LogP contribution in [0.1, 0.15) is 11.4 Å². The summed E-state index contributed by atoms with van der Waals surface area (Å²) >= 11 is 6.03. The minimum Gasteiger partial charge on any atom is -0.424 e. The van der Waals surface area contributed by atoms with Crippen molar-refractivity contribution in [2.75, 3.05) is 18.5 Å². The first kappa shape index (κ1) is 21.8. The van der Waals surface area contributed by atoms with Crippen molar-refractivity contribution in [3.05, 3.63) is 83.3 Å². The number of halogens is 1. The van der Waals surface area contributed by atoms with Crippen LogP contribution in [0.15, 0.2) is 66.9 Å². The normalized spacial score (nSPS) is 13.8. The molecule has 3 aromatic carbocycles. The van der Waals surface area contributed by atoms with E-state index in [2.05, 4.69) is 57.2 Å². The van der Waals surface area contributed by atoms with Gasteiger partial charge in [-0.05, 0) is 60.5 Å². The summed E-state index contributed by atoms with van der Waals surface area (Å²) in [6, 6.07) is 20.6. The van der Waals surface area contributed by atoms with Crippen LogP contribution >= 0.6 is 11.6 Å². The Morgan fingerprint density at radius 1 is 1.00 bits per heavy atom. The van der Waals surface area contributed by atoms with Gasteiger partial charge in [0.1, 0.15) is 11.6 Å². The maximum absolute atomic E-state index is 6.03. The first-order valence-electron chi connectivity index (χ1n) is 11.6. The van der Waals surface area contributed by atoms with Gasteiger partial charge in [-0.3, -0.25) is 0 Å². The molecule has 1 aliphatic rings. The highest BCUT2D eigenvalue weighted by molar-refractivity contribution is 6.31. The second-order valence-corrected chi connectivity index (χ2v) is 9.21. The third-order valence-corrected chi connectivity index (χ3v) is 6.51. The van der Waals surface area contributed by atoms with Gasteiger partial charge in [-0.1, -0.05) is 23.7 Å². The number of hydrogen-bond donors (Lipinski definition) is 1. The molecule has 0 aliphatic carbocycles. The van der Waals surface area contributed by atoms with Gasteiger partial charge >= 0.3 is 6.01 Å². The molecular formula is C27H24ClN5O2. The van der Waals surface area contributed by atoms with Crippen molar-refractivity contribution in [3.63, 3.8) is 0 Å². The fraction of sp³-hybridized carbons (Fsp3) is 0.222. The number of rotatable bonds is 7. The first-order chi connectivity index (χ1) is 17.1. The van der Waals surface area contributed by atoms with Gasteiger partial charge in [-0.25, -0.2) is 9.97 Å². The molecule has 1 aliphatic heterocycles. The van der Waals surface area contributed by atoms with E-state index in [0.717, 1.165) is 59.5 Å². The topological polar surface area (TPSA) is 74.1 Å². The number of anilines is 1. The van der Waals surface area contributed by atoms with E-state index in [1.165, 1.54) is 5.56 Å². The lowest BCUT2D eigenvalue weighted by molar-refractivity contribution is 0.0211. The monoisotopic (exact) mass is 485 g/mol. The van der Waals surface area contributed by atoms with E-state index < -0.39 is 0 Å². The molecule has 1 N–H and O–H groups in total. The van der Waals surface area contributed by atoms with Crippen LogP contribution in [-0.4, -0.2) is 38.8 Å². The van der Waals surface area contributed by atoms with Gasteiger partial charge in [0.05, 0.1) is 35.8 Å². The Hall–Kier alpha value is -3.68. The predicted molar refractivity (Wildman–Crippen MR) is 137 cm³/mol. The SMILES string of the molecule is Cn1c(CCc2ccc(Oc3ncc4cc(Cl)ccc4n3)cc2)nc2ccc(NC3COC3)cc21. The zero-order valence-corrected chi connectivity index (χ0v) is 20.0. The van der Waals surface area contributed by atoms with Crippen LogP contribution < -0.4 is 10.1 Å². The molecular weight excluding hydrogens is 462 g/mol. The number of imidazole rings is 1. The van der Waals surface area contributed by atoms with Gasteiger partial charge < -0.3 is 19.4 Å². The van der Waals surface area contributed by atoms with E-state index in [9.17, 15) is 0 Å². The van der Waals surface area contributed by atoms with E-state index in [1.54, 1.807) is 12.3 Å². The number of ether oxygens (including phenoxy) is 2. The lowest BCUT2D eigenvalue weighted by atomic mass is 10.1. The number of hydrogen-bond acceptors (Lipinski definition) is 6. The second-order valence-electron chi connectivity index (χ2n) is 8.77. The fourth-order valence-corrected chi connectivity index (χ4v) is 4.41. The maximum Gasteiger partial charge on any atom is 0.322 e. The van der Waals surface area contributed by atoms with Crippen LogP contribution in [0.5, 0.6) is 11.8 Å². The Labute approximate surface area is 207 Å². The summed E-state index contributed by atoms with van der Waals surface area (Å²) < 4.78 is 13.3. The summed E-state index contributed by atoms with van der Waals surface area (Å²) in [5.74, 6) is 1.76. The molecule has 0 amide bonds. The zero-order valence-electron chi connectivity index (χ0n) is 19.2. The van der Waals surface area contributed by atoms with E-state index in [1.807, 2.05) is 24.3 Å². The molecule has 0 radical (unpaired) electrons. The molecule has 0 saturated carbocycles. The lowest BCUT2D eigenvalue weighted by Gasteiger charge is -2.27. The van der Waals surface area contributed by atoms with Crippen LogP contribution in [-0.2, 0) is 24.6 Å². The third-order valence-electron chi connectivity index (χ3n) is 6.27. The van der Waals surface area contributed by atoms with Gasteiger partial charge in [0.2, 0.25) is 0 Å². The zero-order chi connectivity index (χ0) is 23.8. The molecule has 35 heavy (non-hydrogen) atoms. The molecule has 8 heteroatoms. The van der Waals surface area contributed by atoms with Crippen LogP contribution in [0, 0.1) is 0 Å². The smallest absolute Gasteiger partial charge is 0.322 e. The van der Waals surface area contributed by atoms with E-state index in [4.69, 9.17) is 26.1 Å². The molecule has 3 heterocycles. The van der Waals surface area contributed by atoms with Crippen LogP contribution in [0.25, 0.3) is 21.9 Å². The predicted octanol–water partition coefficient (Wildman–Crippen LogP) is 5.56. The quantitative estimate of drug-likeness (QED) is 0.325. The van der Waals surface area contributed by atoms with E-state index in [-0.39, 0.29) is 0 Å². The molecule has 2 aromatic heterocycles. The highest BCUT2D eigenvalue weighted by Crippen LogP contribution is 2.24. The number of benzene rings is 3. The van der Waals surface area contributed by atoms with Gasteiger partial charge in [-0.2, -0.15) is 4.98 Å². The van der Waals surface area contributed by atoms with Crippen LogP contribution in [0.4, 0.5) is 5.69 Å².